The van der Waals surface area contributed by atoms with E-state index in [4.69, 9.17) is 4.74 Å². The van der Waals surface area contributed by atoms with Gasteiger partial charge in [0.2, 0.25) is 0 Å². The van der Waals surface area contributed by atoms with Crippen LogP contribution in [0.3, 0.4) is 0 Å². The van der Waals surface area contributed by atoms with E-state index in [-0.39, 0.29) is 12.0 Å². The van der Waals surface area contributed by atoms with Crippen molar-refractivity contribution < 1.29 is 9.53 Å². The second-order valence-electron chi connectivity index (χ2n) is 4.29. The van der Waals surface area contributed by atoms with Crippen LogP contribution in [0, 0.1) is 0 Å². The lowest BCUT2D eigenvalue weighted by Crippen LogP contribution is -2.31. The Morgan fingerprint density at radius 2 is 2.11 bits per heavy atom. The molecule has 18 heavy (non-hydrogen) atoms. The number of benzene rings is 1. The monoisotopic (exact) mass is 249 g/mol. The fourth-order valence-electron chi connectivity index (χ4n) is 1.86. The molecule has 100 valence electrons. The maximum atomic E-state index is 11.8. The number of carbonyl (C=O) groups is 1. The maximum absolute atomic E-state index is 11.8. The predicted molar refractivity (Wildman–Crippen MR) is 74.8 cm³/mol. The molecule has 0 aliphatic carbocycles. The molecule has 0 aromatic heterocycles. The van der Waals surface area contributed by atoms with Gasteiger partial charge in [0.1, 0.15) is 6.04 Å². The molecule has 1 aromatic carbocycles. The van der Waals surface area contributed by atoms with Gasteiger partial charge in [-0.15, -0.1) is 0 Å². The molecule has 0 heterocycles. The molecular formula is C15H23NO2. The zero-order chi connectivity index (χ0) is 13.4. The largest absolute Gasteiger partial charge is 0.464 e. The van der Waals surface area contributed by atoms with E-state index in [1.165, 1.54) is 5.56 Å². The average Bonchev–Trinajstić information content (AvgIpc) is 2.39. The van der Waals surface area contributed by atoms with Crippen LogP contribution in [0.4, 0.5) is 5.69 Å². The minimum atomic E-state index is -0.248. The van der Waals surface area contributed by atoms with Gasteiger partial charge in [0.25, 0.3) is 0 Å². The van der Waals surface area contributed by atoms with E-state index in [9.17, 15) is 4.79 Å². The smallest absolute Gasteiger partial charge is 0.328 e. The van der Waals surface area contributed by atoms with E-state index in [0.29, 0.717) is 6.61 Å². The van der Waals surface area contributed by atoms with Crippen LogP contribution in [0.5, 0.6) is 0 Å². The first-order valence-electron chi connectivity index (χ1n) is 6.73. The lowest BCUT2D eigenvalue weighted by molar-refractivity contribution is -0.144. The van der Waals surface area contributed by atoms with Gasteiger partial charge in [-0.3, -0.25) is 0 Å². The van der Waals surface area contributed by atoms with Crippen molar-refractivity contribution in [2.45, 2.75) is 46.1 Å². The van der Waals surface area contributed by atoms with Gasteiger partial charge in [0, 0.05) is 5.69 Å². The van der Waals surface area contributed by atoms with Gasteiger partial charge in [-0.1, -0.05) is 32.4 Å². The van der Waals surface area contributed by atoms with Crippen molar-refractivity contribution >= 4 is 11.7 Å². The Kier molecular flexibility index (Phi) is 6.26. The summed E-state index contributed by atoms with van der Waals surface area (Å²) in [5.74, 6) is -0.166. The standard InChI is InChI=1S/C15H23NO2/c1-4-8-14(15(17)18-6-3)16-13-10-7-9-12(5-2)11-13/h7,9-11,14,16H,4-6,8H2,1-3H3. The van der Waals surface area contributed by atoms with Crippen LogP contribution in [-0.2, 0) is 16.0 Å². The number of aryl methyl sites for hydroxylation is 1. The Bertz CT molecular complexity index is 377. The van der Waals surface area contributed by atoms with E-state index in [0.717, 1.165) is 24.9 Å². The Balaban J connectivity index is 2.72. The van der Waals surface area contributed by atoms with E-state index >= 15 is 0 Å². The van der Waals surface area contributed by atoms with E-state index in [2.05, 4.69) is 31.3 Å². The van der Waals surface area contributed by atoms with Crippen LogP contribution in [0.2, 0.25) is 0 Å². The zero-order valence-corrected chi connectivity index (χ0v) is 11.5. The van der Waals surface area contributed by atoms with E-state index < -0.39 is 0 Å². The van der Waals surface area contributed by atoms with Crippen LogP contribution in [-0.4, -0.2) is 18.6 Å². The molecule has 1 atom stereocenters. The highest BCUT2D eigenvalue weighted by Crippen LogP contribution is 2.14. The molecule has 1 rings (SSSR count). The molecule has 0 aliphatic rings. The van der Waals surface area contributed by atoms with Crippen molar-refractivity contribution in [1.29, 1.82) is 0 Å². The third-order valence-electron chi connectivity index (χ3n) is 2.82. The highest BCUT2D eigenvalue weighted by molar-refractivity contribution is 5.79. The second-order valence-corrected chi connectivity index (χ2v) is 4.29. The fraction of sp³-hybridized carbons (Fsp3) is 0.533. The fourth-order valence-corrected chi connectivity index (χ4v) is 1.86. The molecule has 1 unspecified atom stereocenters. The highest BCUT2D eigenvalue weighted by atomic mass is 16.5. The van der Waals surface area contributed by atoms with E-state index in [1.807, 2.05) is 19.1 Å². The number of ether oxygens (including phenoxy) is 1. The lowest BCUT2D eigenvalue weighted by atomic mass is 10.1. The first-order chi connectivity index (χ1) is 8.71. The van der Waals surface area contributed by atoms with Gasteiger partial charge in [-0.05, 0) is 37.5 Å². The van der Waals surface area contributed by atoms with Gasteiger partial charge in [0.05, 0.1) is 6.61 Å². The number of hydrogen-bond donors (Lipinski definition) is 1. The van der Waals surface area contributed by atoms with Crippen LogP contribution >= 0.6 is 0 Å². The summed E-state index contributed by atoms with van der Waals surface area (Å²) < 4.78 is 5.08. The van der Waals surface area contributed by atoms with Crippen molar-refractivity contribution in [3.63, 3.8) is 0 Å². The van der Waals surface area contributed by atoms with Crippen molar-refractivity contribution in [3.8, 4) is 0 Å². The third-order valence-corrected chi connectivity index (χ3v) is 2.82. The minimum Gasteiger partial charge on any atom is -0.464 e. The van der Waals surface area contributed by atoms with E-state index in [1.54, 1.807) is 0 Å². The number of hydrogen-bond acceptors (Lipinski definition) is 3. The average molecular weight is 249 g/mol. The molecule has 0 radical (unpaired) electrons. The van der Waals surface area contributed by atoms with Crippen LogP contribution in [0.15, 0.2) is 24.3 Å². The molecule has 0 saturated heterocycles. The maximum Gasteiger partial charge on any atom is 0.328 e. The number of nitrogens with one attached hydrogen (secondary N) is 1. The van der Waals surface area contributed by atoms with Crippen molar-refractivity contribution in [2.75, 3.05) is 11.9 Å². The van der Waals surface area contributed by atoms with Gasteiger partial charge >= 0.3 is 5.97 Å². The topological polar surface area (TPSA) is 38.3 Å². The highest BCUT2D eigenvalue weighted by Gasteiger charge is 2.18. The Morgan fingerprint density at radius 1 is 1.33 bits per heavy atom. The van der Waals surface area contributed by atoms with Crippen molar-refractivity contribution in [1.82, 2.24) is 0 Å². The molecule has 0 spiro atoms. The number of rotatable bonds is 7. The number of esters is 1. The molecule has 0 amide bonds. The summed E-state index contributed by atoms with van der Waals surface area (Å²) in [6.07, 6.45) is 2.73. The van der Waals surface area contributed by atoms with Crippen LogP contribution < -0.4 is 5.32 Å². The Hall–Kier alpha value is -1.51. The Labute approximate surface area is 110 Å². The van der Waals surface area contributed by atoms with Gasteiger partial charge in [-0.25, -0.2) is 4.79 Å². The minimum absolute atomic E-state index is 0.166. The van der Waals surface area contributed by atoms with Gasteiger partial charge in [0.15, 0.2) is 0 Å². The summed E-state index contributed by atoms with van der Waals surface area (Å²) in [5, 5.41) is 3.26. The SMILES string of the molecule is CCCC(Nc1cccc(CC)c1)C(=O)OCC. The zero-order valence-electron chi connectivity index (χ0n) is 11.5. The van der Waals surface area contributed by atoms with Crippen molar-refractivity contribution in [3.05, 3.63) is 29.8 Å². The summed E-state index contributed by atoms with van der Waals surface area (Å²) in [5.41, 5.74) is 2.25. The van der Waals surface area contributed by atoms with Crippen molar-refractivity contribution in [2.24, 2.45) is 0 Å². The summed E-state index contributed by atoms with van der Waals surface area (Å²) >= 11 is 0. The summed E-state index contributed by atoms with van der Waals surface area (Å²) in [6, 6.07) is 7.92. The van der Waals surface area contributed by atoms with Crippen LogP contribution in [0.25, 0.3) is 0 Å². The molecule has 0 saturated carbocycles. The van der Waals surface area contributed by atoms with Gasteiger partial charge < -0.3 is 10.1 Å². The lowest BCUT2D eigenvalue weighted by Gasteiger charge is -2.18. The molecule has 0 fully saturated rings. The predicted octanol–water partition coefficient (Wildman–Crippen LogP) is 3.39. The molecule has 1 N–H and O–H groups in total. The first-order valence-corrected chi connectivity index (χ1v) is 6.73. The molecule has 3 heteroatoms. The molecular weight excluding hydrogens is 226 g/mol. The first kappa shape index (κ1) is 14.6. The third kappa shape index (κ3) is 4.40. The quantitative estimate of drug-likeness (QED) is 0.753. The summed E-state index contributed by atoms with van der Waals surface area (Å²) in [6.45, 7) is 6.44. The Morgan fingerprint density at radius 3 is 2.72 bits per heavy atom. The molecule has 0 aliphatic heterocycles. The number of anilines is 1. The molecule has 0 bridgehead atoms. The van der Waals surface area contributed by atoms with Gasteiger partial charge in [-0.2, -0.15) is 0 Å². The molecule has 3 nitrogen and oxygen atoms in total. The second kappa shape index (κ2) is 7.75. The number of carbonyl (C=O) groups excluding carboxylic acids is 1. The summed E-state index contributed by atoms with van der Waals surface area (Å²) in [4.78, 5) is 11.8. The van der Waals surface area contributed by atoms with Crippen LogP contribution in [0.1, 0.15) is 39.2 Å². The normalized spacial score (nSPS) is 11.9. The summed E-state index contributed by atoms with van der Waals surface area (Å²) in [7, 11) is 0. The molecule has 1 aromatic rings.